The van der Waals surface area contributed by atoms with E-state index in [9.17, 15) is 50.2 Å². The molecule has 1 saturated carbocycles. The zero-order valence-corrected chi connectivity index (χ0v) is 27.4. The van der Waals surface area contributed by atoms with Gasteiger partial charge in [0, 0.05) is 24.4 Å². The van der Waals surface area contributed by atoms with Crippen LogP contribution in [0.5, 0.6) is 5.75 Å². The molecule has 1 amide bonds. The van der Waals surface area contributed by atoms with Crippen molar-refractivity contribution in [3.05, 3.63) is 88.2 Å². The number of aromatic hydroxyl groups is 1. The van der Waals surface area contributed by atoms with Crippen molar-refractivity contribution in [3.8, 4) is 5.75 Å². The largest absolute Gasteiger partial charge is 1.00 e. The van der Waals surface area contributed by atoms with Gasteiger partial charge in [-0.25, -0.2) is 30.4 Å². The Labute approximate surface area is 278 Å². The number of nitrogens with zero attached hydrogens (tertiary/aromatic N) is 2. The van der Waals surface area contributed by atoms with Gasteiger partial charge in [-0.1, -0.05) is 43.5 Å². The molecule has 0 unspecified atom stereocenters. The van der Waals surface area contributed by atoms with E-state index in [0.29, 0.717) is 11.5 Å². The Morgan fingerprint density at radius 1 is 0.911 bits per heavy atom. The van der Waals surface area contributed by atoms with Crippen molar-refractivity contribution in [3.63, 3.8) is 0 Å². The van der Waals surface area contributed by atoms with E-state index >= 15 is 0 Å². The number of likely N-dealkylation sites (N-methyl/N-ethyl adjacent to an activating group) is 1. The Morgan fingerprint density at radius 2 is 1.44 bits per heavy atom. The summed E-state index contributed by atoms with van der Waals surface area (Å²) in [5, 5.41) is 21.5. The van der Waals surface area contributed by atoms with E-state index in [4.69, 9.17) is 0 Å². The third-order valence-corrected chi connectivity index (χ3v) is 9.83. The molecule has 0 saturated heterocycles. The minimum atomic E-state index is -5.49. The summed E-state index contributed by atoms with van der Waals surface area (Å²) in [6, 6.07) is 8.56. The number of sulfonamides is 1. The zero-order valence-electron chi connectivity index (χ0n) is 24.6. The molecule has 0 heterocycles. The van der Waals surface area contributed by atoms with E-state index in [1.165, 1.54) is 6.42 Å². The fourth-order valence-corrected chi connectivity index (χ4v) is 6.64. The number of halogens is 5. The number of anilines is 1. The summed E-state index contributed by atoms with van der Waals surface area (Å²) in [7, 11) is -4.76. The number of carbonyl (C=O) groups is 2. The zero-order chi connectivity index (χ0) is 32.5. The van der Waals surface area contributed by atoms with Gasteiger partial charge in [0.2, 0.25) is 21.7 Å². The van der Waals surface area contributed by atoms with Crippen molar-refractivity contribution >= 4 is 27.6 Å². The molecule has 1 aliphatic carbocycles. The van der Waals surface area contributed by atoms with Gasteiger partial charge in [0.1, 0.15) is 11.8 Å². The number of phenols is 1. The van der Waals surface area contributed by atoms with Crippen LogP contribution in [-0.4, -0.2) is 42.8 Å². The Morgan fingerprint density at radius 3 is 1.96 bits per heavy atom. The Balaban J connectivity index is 0.00000552. The van der Waals surface area contributed by atoms with Gasteiger partial charge in [0.05, 0.1) is 12.5 Å². The van der Waals surface area contributed by atoms with Crippen LogP contribution in [0, 0.1) is 29.1 Å². The SMILES string of the molecule is C[C@H](C(=O)N(Cc1ccc(C2CCCCC2)cc1)c1ccc(C(=O)[O-])c(O)c1)N(C)S(=O)(=O)c1c(F)c(F)c(F)c(F)c1F.[Na+]. The van der Waals surface area contributed by atoms with E-state index in [-0.39, 0.29) is 46.1 Å². The first-order valence-corrected chi connectivity index (χ1v) is 15.0. The molecule has 3 aromatic carbocycles. The van der Waals surface area contributed by atoms with Crippen molar-refractivity contribution in [2.24, 2.45) is 0 Å². The number of aromatic carboxylic acids is 1. The summed E-state index contributed by atoms with van der Waals surface area (Å²) in [6.45, 7) is 0.801. The second kappa shape index (κ2) is 14.6. The molecule has 15 heteroatoms. The van der Waals surface area contributed by atoms with Crippen LogP contribution in [0.1, 0.15) is 66.4 Å². The molecular formula is C30H28F5N2NaO6S. The van der Waals surface area contributed by atoms with Crippen LogP contribution in [0.15, 0.2) is 47.4 Å². The summed E-state index contributed by atoms with van der Waals surface area (Å²) in [5.74, 6) is -15.8. The van der Waals surface area contributed by atoms with Crippen molar-refractivity contribution in [2.75, 3.05) is 11.9 Å². The van der Waals surface area contributed by atoms with E-state index in [0.717, 1.165) is 68.3 Å². The maximum atomic E-state index is 14.4. The number of carboxylic acid groups (broad SMARTS) is 1. The van der Waals surface area contributed by atoms with Gasteiger partial charge in [-0.15, -0.1) is 0 Å². The summed E-state index contributed by atoms with van der Waals surface area (Å²) in [5.41, 5.74) is 0.989. The molecule has 4 rings (SSSR count). The van der Waals surface area contributed by atoms with Crippen LogP contribution in [0.3, 0.4) is 0 Å². The number of rotatable bonds is 9. The molecule has 3 aromatic rings. The van der Waals surface area contributed by atoms with Crippen LogP contribution in [-0.2, 0) is 21.4 Å². The minimum Gasteiger partial charge on any atom is -0.545 e. The first-order chi connectivity index (χ1) is 20.7. The summed E-state index contributed by atoms with van der Waals surface area (Å²) >= 11 is 0. The number of hydrogen-bond acceptors (Lipinski definition) is 6. The van der Waals surface area contributed by atoms with Gasteiger partial charge < -0.3 is 19.9 Å². The number of carboxylic acids is 1. The number of amides is 1. The Bertz CT molecular complexity index is 1670. The third-order valence-electron chi connectivity index (χ3n) is 7.89. The van der Waals surface area contributed by atoms with Gasteiger partial charge in [0.15, 0.2) is 28.2 Å². The maximum Gasteiger partial charge on any atom is 1.00 e. The maximum absolute atomic E-state index is 14.4. The Kier molecular flexibility index (Phi) is 11.8. The van der Waals surface area contributed by atoms with Crippen molar-refractivity contribution in [1.29, 1.82) is 0 Å². The van der Waals surface area contributed by atoms with E-state index in [1.54, 1.807) is 12.1 Å². The van der Waals surface area contributed by atoms with Gasteiger partial charge in [-0.2, -0.15) is 4.31 Å². The van der Waals surface area contributed by atoms with Gasteiger partial charge >= 0.3 is 29.6 Å². The molecule has 1 aliphatic rings. The van der Waals surface area contributed by atoms with E-state index < -0.39 is 73.2 Å². The first-order valence-electron chi connectivity index (χ1n) is 13.6. The fourth-order valence-electron chi connectivity index (χ4n) is 5.22. The predicted octanol–water partition coefficient (Wildman–Crippen LogP) is 1.75. The van der Waals surface area contributed by atoms with Gasteiger partial charge in [-0.3, -0.25) is 4.79 Å². The second-order valence-electron chi connectivity index (χ2n) is 10.6. The predicted molar refractivity (Wildman–Crippen MR) is 147 cm³/mol. The first kappa shape index (κ1) is 36.4. The second-order valence-corrected chi connectivity index (χ2v) is 12.5. The average molecular weight is 663 g/mol. The van der Waals surface area contributed by atoms with Crippen molar-refractivity contribution < 1.29 is 79.7 Å². The normalized spacial score (nSPS) is 14.6. The van der Waals surface area contributed by atoms with Gasteiger partial charge in [0.25, 0.3) is 0 Å². The Hall–Kier alpha value is -3.04. The summed E-state index contributed by atoms with van der Waals surface area (Å²) < 4.78 is 96.5. The molecule has 1 N–H and O–H groups in total. The van der Waals surface area contributed by atoms with Crippen LogP contribution in [0.2, 0.25) is 0 Å². The smallest absolute Gasteiger partial charge is 0.545 e. The molecule has 1 atom stereocenters. The molecule has 0 aromatic heterocycles. The topological polar surface area (TPSA) is 118 Å². The average Bonchev–Trinajstić information content (AvgIpc) is 3.01. The molecule has 1 fully saturated rings. The van der Waals surface area contributed by atoms with E-state index in [2.05, 4.69) is 0 Å². The fraction of sp³-hybridized carbons (Fsp3) is 0.333. The van der Waals surface area contributed by atoms with Crippen LogP contribution in [0.25, 0.3) is 0 Å². The van der Waals surface area contributed by atoms with Crippen molar-refractivity contribution in [2.45, 2.75) is 62.4 Å². The molecule has 0 radical (unpaired) electrons. The molecule has 0 aliphatic heterocycles. The molecule has 0 spiro atoms. The summed E-state index contributed by atoms with van der Waals surface area (Å²) in [6.07, 6.45) is 5.46. The minimum absolute atomic E-state index is 0. The monoisotopic (exact) mass is 662 g/mol. The number of benzene rings is 3. The van der Waals surface area contributed by atoms with E-state index in [1.807, 2.05) is 12.1 Å². The van der Waals surface area contributed by atoms with Crippen LogP contribution in [0.4, 0.5) is 27.6 Å². The van der Waals surface area contributed by atoms with Crippen molar-refractivity contribution in [1.82, 2.24) is 4.31 Å². The quantitative estimate of drug-likeness (QED) is 0.162. The molecular weight excluding hydrogens is 634 g/mol. The molecule has 8 nitrogen and oxygen atoms in total. The van der Waals surface area contributed by atoms with Crippen LogP contribution >= 0.6 is 0 Å². The summed E-state index contributed by atoms with van der Waals surface area (Å²) in [4.78, 5) is 23.9. The molecule has 45 heavy (non-hydrogen) atoms. The number of hydrogen-bond donors (Lipinski definition) is 1. The van der Waals surface area contributed by atoms with Gasteiger partial charge in [-0.05, 0) is 48.9 Å². The van der Waals surface area contributed by atoms with Crippen LogP contribution < -0.4 is 39.6 Å². The number of carbonyl (C=O) groups excluding carboxylic acids is 2. The molecule has 236 valence electrons. The molecule has 0 bridgehead atoms. The standard InChI is InChI=1S/C30H29F5N2O6S.Na/c1-16(36(2)44(42,43)28-26(34)24(32)23(31)25(33)27(28)35)29(39)37(20-12-13-21(30(40)41)22(38)14-20)15-17-8-10-19(11-9-17)18-6-4-3-5-7-18;/h8-14,16,18,38H,3-7,15H2,1-2H3,(H,40,41);/q;+1/p-1/t16-;/m1./s1. The third kappa shape index (κ3) is 7.35.